The van der Waals surface area contributed by atoms with E-state index in [9.17, 15) is 18.8 Å². The Morgan fingerprint density at radius 1 is 1.24 bits per heavy atom. The number of halogens is 2. The second kappa shape index (κ2) is 11.5. The number of rotatable bonds is 9. The Morgan fingerprint density at radius 3 is 2.43 bits per heavy atom. The average molecular weight is 580 g/mol. The first-order valence-corrected chi connectivity index (χ1v) is 12.8. The van der Waals surface area contributed by atoms with Gasteiger partial charge in [-0.25, -0.2) is 23.4 Å². The zero-order valence-corrected chi connectivity index (χ0v) is 23.6. The van der Waals surface area contributed by atoms with E-state index >= 15 is 0 Å². The highest BCUT2D eigenvalue weighted by Crippen LogP contribution is 2.39. The van der Waals surface area contributed by atoms with Gasteiger partial charge in [0.15, 0.2) is 11.5 Å². The molecule has 0 saturated carbocycles. The Labute approximate surface area is 224 Å². The lowest BCUT2D eigenvalue weighted by Gasteiger charge is -2.35. The van der Waals surface area contributed by atoms with Crippen LogP contribution in [0.1, 0.15) is 62.7 Å². The lowest BCUT2D eigenvalue weighted by molar-refractivity contribution is -0.145. The number of carbonyl (C=O) groups is 3. The summed E-state index contributed by atoms with van der Waals surface area (Å²) in [6.45, 7) is 8.67. The fourth-order valence-corrected chi connectivity index (χ4v) is 5.12. The zero-order valence-electron chi connectivity index (χ0n) is 22.0. The highest BCUT2D eigenvalue weighted by Gasteiger charge is 2.47. The van der Waals surface area contributed by atoms with E-state index in [-0.39, 0.29) is 42.6 Å². The van der Waals surface area contributed by atoms with Gasteiger partial charge < -0.3 is 14.2 Å². The first kappa shape index (κ1) is 29.0. The summed E-state index contributed by atoms with van der Waals surface area (Å²) in [5.74, 6) is -2.62. The predicted molar refractivity (Wildman–Crippen MR) is 139 cm³/mol. The van der Waals surface area contributed by atoms with Crippen LogP contribution in [0.15, 0.2) is 34.9 Å². The molecule has 1 aromatic carbocycles. The van der Waals surface area contributed by atoms with Gasteiger partial charge in [0, 0.05) is 12.6 Å². The van der Waals surface area contributed by atoms with Crippen LogP contribution >= 0.6 is 15.9 Å². The highest BCUT2D eigenvalue weighted by atomic mass is 79.9. The van der Waals surface area contributed by atoms with Gasteiger partial charge in [-0.2, -0.15) is 0 Å². The van der Waals surface area contributed by atoms with E-state index in [4.69, 9.17) is 14.2 Å². The molecule has 2 atom stereocenters. The van der Waals surface area contributed by atoms with Crippen LogP contribution in [0.25, 0.3) is 0 Å². The van der Waals surface area contributed by atoms with E-state index in [0.717, 1.165) is 5.56 Å². The second-order valence-corrected chi connectivity index (χ2v) is 10.9. The van der Waals surface area contributed by atoms with Crippen molar-refractivity contribution < 1.29 is 33.0 Å². The third-order valence-corrected chi connectivity index (χ3v) is 6.87. The molecule has 0 bridgehead atoms. The molecule has 0 N–H and O–H groups in total. The maximum atomic E-state index is 13.7. The molecule has 1 saturated heterocycles. The molecular formula is C27H33BrFN2O6+. The number of hydrogen-bond acceptors (Lipinski definition) is 7. The smallest absolute Gasteiger partial charge is 0.363 e. The van der Waals surface area contributed by atoms with Crippen LogP contribution in [0.5, 0.6) is 0 Å². The average Bonchev–Trinajstić information content (AvgIpc) is 3.13. The van der Waals surface area contributed by atoms with Crippen molar-refractivity contribution in [1.29, 1.82) is 0 Å². The van der Waals surface area contributed by atoms with Gasteiger partial charge in [0.2, 0.25) is 5.69 Å². The van der Waals surface area contributed by atoms with E-state index in [1.165, 1.54) is 25.3 Å². The number of amides is 1. The molecule has 1 aliphatic heterocycles. The zero-order chi connectivity index (χ0) is 27.5. The van der Waals surface area contributed by atoms with Gasteiger partial charge in [-0.05, 0) is 73.8 Å². The molecule has 2 aromatic rings. The van der Waals surface area contributed by atoms with Crippen LogP contribution in [0.4, 0.5) is 10.1 Å². The molecule has 200 valence electrons. The fourth-order valence-electron chi connectivity index (χ4n) is 4.30. The summed E-state index contributed by atoms with van der Waals surface area (Å²) >= 11 is 3.63. The van der Waals surface area contributed by atoms with Gasteiger partial charge in [-0.1, -0.05) is 12.1 Å². The number of aromatic nitrogens is 1. The normalized spacial score (nSPS) is 18.5. The van der Waals surface area contributed by atoms with Crippen LogP contribution < -0.4 is 4.48 Å². The molecule has 0 radical (unpaired) electrons. The number of likely N-dealkylation sites (N-methyl/N-ethyl adjacent to an activating group) is 1. The number of quaternary nitrogens is 1. The van der Waals surface area contributed by atoms with Crippen molar-refractivity contribution in [1.82, 2.24) is 9.47 Å². The number of hydrogen-bond donors (Lipinski definition) is 0. The number of ketones is 1. The molecule has 0 aliphatic carbocycles. The summed E-state index contributed by atoms with van der Waals surface area (Å²) in [5.41, 5.74) is 1.71. The van der Waals surface area contributed by atoms with E-state index in [2.05, 4.69) is 20.9 Å². The van der Waals surface area contributed by atoms with Gasteiger partial charge in [-0.15, -0.1) is 0 Å². The molecule has 10 heteroatoms. The highest BCUT2D eigenvalue weighted by molar-refractivity contribution is 9.10. The van der Waals surface area contributed by atoms with Gasteiger partial charge in [0.25, 0.3) is 0 Å². The minimum atomic E-state index is -0.835. The number of benzene rings is 1. The molecule has 3 rings (SSSR count). The predicted octanol–water partition coefficient (Wildman–Crippen LogP) is 4.73. The molecule has 1 aliphatic rings. The Hall–Kier alpha value is -2.53. The summed E-state index contributed by atoms with van der Waals surface area (Å²) in [6, 6.07) is 6.04. The van der Waals surface area contributed by atoms with Crippen molar-refractivity contribution >= 4 is 39.3 Å². The Morgan fingerprint density at radius 2 is 1.89 bits per heavy atom. The first-order valence-electron chi connectivity index (χ1n) is 12.1. The van der Waals surface area contributed by atoms with E-state index < -0.39 is 34.4 Å². The molecule has 0 spiro atoms. The third-order valence-electron chi connectivity index (χ3n) is 5.99. The largest absolute Gasteiger partial charge is 0.458 e. The second-order valence-electron chi connectivity index (χ2n) is 10.1. The molecule has 8 nitrogen and oxygen atoms in total. The van der Waals surface area contributed by atoms with Crippen LogP contribution in [0, 0.1) is 5.82 Å². The molecule has 1 amide bonds. The number of Topliss-reactive ketones (excluding diaryl/α,β-unsaturated/α-hetero) is 1. The SMILES string of the molecule is CC(=O)CC(=O)[N+](C)(C[C@@H]1COC(C)(C)O1)c1c(C(=O)OC(C)C)ncc(Cc2ccc(F)cc2)c1Br. The summed E-state index contributed by atoms with van der Waals surface area (Å²) < 4.78 is 30.6. The number of carbonyl (C=O) groups excluding carboxylic acids is 3. The van der Waals surface area contributed by atoms with Crippen molar-refractivity contribution in [3.8, 4) is 0 Å². The van der Waals surface area contributed by atoms with Gasteiger partial charge in [0.05, 0.1) is 24.2 Å². The Kier molecular flexibility index (Phi) is 9.00. The molecule has 1 fully saturated rings. The standard InChI is InChI=1S/C27H33BrFN2O6/c1-16(2)36-26(34)24-25(23(28)19(13-30-24)12-18-7-9-20(29)10-8-18)31(6,22(33)11-17(3)32)14-21-15-35-27(4,5)37-21/h7-10,13,16,21H,11-12,14-15H2,1-6H3/q+1/t21-,31?/m1/s1. The van der Waals surface area contributed by atoms with Crippen LogP contribution in [0.3, 0.4) is 0 Å². The van der Waals surface area contributed by atoms with E-state index in [1.807, 2.05) is 0 Å². The monoisotopic (exact) mass is 579 g/mol. The lowest BCUT2D eigenvalue weighted by atomic mass is 10.0. The number of pyridine rings is 1. The minimum absolute atomic E-state index is 0.0407. The molecule has 1 unspecified atom stereocenters. The maximum absolute atomic E-state index is 13.7. The van der Waals surface area contributed by atoms with Crippen LogP contribution in [0.2, 0.25) is 0 Å². The van der Waals surface area contributed by atoms with Crippen molar-refractivity contribution in [2.45, 2.75) is 65.5 Å². The summed E-state index contributed by atoms with van der Waals surface area (Å²) in [6.07, 6.45) is 0.640. The minimum Gasteiger partial charge on any atom is -0.458 e. The van der Waals surface area contributed by atoms with Gasteiger partial charge in [-0.3, -0.25) is 4.79 Å². The number of ether oxygens (including phenoxy) is 3. The Bertz CT molecular complexity index is 1180. The first-order chi connectivity index (χ1) is 17.2. The molecular weight excluding hydrogens is 547 g/mol. The molecule has 1 aromatic heterocycles. The molecule has 2 heterocycles. The van der Waals surface area contributed by atoms with Gasteiger partial charge in [0.1, 0.15) is 30.7 Å². The Balaban J connectivity index is 2.18. The third kappa shape index (κ3) is 7.07. The van der Waals surface area contributed by atoms with E-state index in [0.29, 0.717) is 16.5 Å². The van der Waals surface area contributed by atoms with E-state index in [1.54, 1.807) is 46.9 Å². The van der Waals surface area contributed by atoms with Crippen molar-refractivity contribution in [2.24, 2.45) is 0 Å². The van der Waals surface area contributed by atoms with Gasteiger partial charge >= 0.3 is 11.9 Å². The number of nitrogens with zero attached hydrogens (tertiary/aromatic N) is 2. The summed E-state index contributed by atoms with van der Waals surface area (Å²) in [7, 11) is 1.63. The quantitative estimate of drug-likeness (QED) is 0.241. The number of esters is 1. The topological polar surface area (TPSA) is 91.8 Å². The van der Waals surface area contributed by atoms with Crippen molar-refractivity contribution in [2.75, 3.05) is 20.2 Å². The van der Waals surface area contributed by atoms with Crippen LogP contribution in [-0.4, -0.2) is 60.8 Å². The summed E-state index contributed by atoms with van der Waals surface area (Å²) in [5, 5.41) is 0. The van der Waals surface area contributed by atoms with Crippen LogP contribution in [-0.2, 0) is 30.2 Å². The lowest BCUT2D eigenvalue weighted by Crippen LogP contribution is -2.56. The summed E-state index contributed by atoms with van der Waals surface area (Å²) in [4.78, 5) is 43.3. The van der Waals surface area contributed by atoms with Crippen molar-refractivity contribution in [3.63, 3.8) is 0 Å². The fraction of sp³-hybridized carbons (Fsp3) is 0.481. The maximum Gasteiger partial charge on any atom is 0.363 e. The van der Waals surface area contributed by atoms with Crippen molar-refractivity contribution in [3.05, 3.63) is 57.6 Å². The molecule has 37 heavy (non-hydrogen) atoms.